The van der Waals surface area contributed by atoms with Gasteiger partial charge in [0.05, 0.1) is 17.9 Å². The lowest BCUT2D eigenvalue weighted by Gasteiger charge is -2.33. The van der Waals surface area contributed by atoms with E-state index in [9.17, 15) is 14.9 Å². The molecule has 0 bridgehead atoms. The Morgan fingerprint density at radius 2 is 1.78 bits per heavy atom. The Balaban J connectivity index is 1.82. The summed E-state index contributed by atoms with van der Waals surface area (Å²) < 4.78 is 5.41. The largest absolute Gasteiger partial charge is 0.459 e. The molecule has 0 spiro atoms. The fourth-order valence-electron chi connectivity index (χ4n) is 3.88. The van der Waals surface area contributed by atoms with Crippen LogP contribution in [0.1, 0.15) is 48.5 Å². The second-order valence-corrected chi connectivity index (χ2v) is 9.32. The van der Waals surface area contributed by atoms with Gasteiger partial charge in [0.25, 0.3) is 5.91 Å². The molecule has 1 N–H and O–H groups in total. The summed E-state index contributed by atoms with van der Waals surface area (Å²) in [6, 6.07) is 22.4. The van der Waals surface area contributed by atoms with Gasteiger partial charge in [0, 0.05) is 29.2 Å². The lowest BCUT2D eigenvalue weighted by molar-refractivity contribution is -0.123. The maximum atomic E-state index is 13.7. The van der Waals surface area contributed by atoms with Crippen LogP contribution >= 0.6 is 0 Å². The molecular weight excluding hydrogens is 452 g/mol. The number of benzene rings is 2. The van der Waals surface area contributed by atoms with Crippen LogP contribution in [0.4, 0.5) is 5.69 Å². The normalized spacial score (nSPS) is 11.8. The number of furan rings is 1. The molecule has 0 radical (unpaired) electrons. The Morgan fingerprint density at radius 1 is 1.00 bits per heavy atom. The third-order valence-corrected chi connectivity index (χ3v) is 5.43. The minimum Gasteiger partial charge on any atom is -0.459 e. The van der Waals surface area contributed by atoms with Crippen molar-refractivity contribution in [3.8, 4) is 17.2 Å². The van der Waals surface area contributed by atoms with Crippen LogP contribution in [0.2, 0.25) is 0 Å². The molecule has 2 aromatic heterocycles. The van der Waals surface area contributed by atoms with Crippen LogP contribution in [0.3, 0.4) is 0 Å². The fourth-order valence-corrected chi connectivity index (χ4v) is 3.88. The molecule has 1 unspecified atom stereocenters. The third-order valence-electron chi connectivity index (χ3n) is 5.43. The van der Waals surface area contributed by atoms with Crippen molar-refractivity contribution in [3.05, 3.63) is 108 Å². The van der Waals surface area contributed by atoms with Crippen molar-refractivity contribution in [3.63, 3.8) is 0 Å². The number of anilines is 1. The van der Waals surface area contributed by atoms with Crippen LogP contribution in [-0.4, -0.2) is 22.3 Å². The van der Waals surface area contributed by atoms with Crippen LogP contribution in [0.5, 0.6) is 0 Å². The van der Waals surface area contributed by atoms with E-state index in [4.69, 9.17) is 4.42 Å². The molecule has 4 aromatic rings. The molecule has 0 aliphatic carbocycles. The summed E-state index contributed by atoms with van der Waals surface area (Å²) in [5, 5.41) is 12.2. The summed E-state index contributed by atoms with van der Waals surface area (Å²) in [6.07, 6.45) is 4.62. The molecule has 2 aromatic carbocycles. The summed E-state index contributed by atoms with van der Waals surface area (Å²) >= 11 is 0. The fraction of sp³-hybridized carbons (Fsp3) is 0.172. The van der Waals surface area contributed by atoms with Gasteiger partial charge in [-0.2, -0.15) is 5.26 Å². The average molecular weight is 479 g/mol. The number of nitriles is 1. The molecule has 0 aliphatic rings. The number of carbonyl (C=O) groups is 2. The van der Waals surface area contributed by atoms with Crippen molar-refractivity contribution >= 4 is 17.5 Å². The second kappa shape index (κ2) is 10.3. The van der Waals surface area contributed by atoms with Gasteiger partial charge in [0.1, 0.15) is 6.04 Å². The molecular formula is C29H26N4O3. The van der Waals surface area contributed by atoms with Crippen molar-refractivity contribution in [1.29, 1.82) is 5.26 Å². The van der Waals surface area contributed by atoms with E-state index >= 15 is 0 Å². The Hall–Kier alpha value is -4.70. The highest BCUT2D eigenvalue weighted by atomic mass is 16.3. The Morgan fingerprint density at radius 3 is 2.39 bits per heavy atom. The number of pyridine rings is 1. The minimum absolute atomic E-state index is 0.109. The predicted molar refractivity (Wildman–Crippen MR) is 137 cm³/mol. The lowest BCUT2D eigenvalue weighted by atomic mass is 10.0. The molecule has 0 aliphatic heterocycles. The van der Waals surface area contributed by atoms with Crippen LogP contribution in [0.15, 0.2) is 95.9 Å². The minimum atomic E-state index is -0.997. The zero-order valence-electron chi connectivity index (χ0n) is 20.3. The van der Waals surface area contributed by atoms with E-state index in [2.05, 4.69) is 16.4 Å². The number of carbonyl (C=O) groups excluding carboxylic acids is 2. The summed E-state index contributed by atoms with van der Waals surface area (Å²) in [4.78, 5) is 32.9. The molecule has 0 fully saturated rings. The maximum Gasteiger partial charge on any atom is 0.294 e. The van der Waals surface area contributed by atoms with E-state index in [-0.39, 0.29) is 11.7 Å². The third kappa shape index (κ3) is 5.50. The van der Waals surface area contributed by atoms with Gasteiger partial charge in [-0.05, 0) is 74.4 Å². The first kappa shape index (κ1) is 24.4. The predicted octanol–water partition coefficient (Wildman–Crippen LogP) is 5.52. The standard InChI is InChI=1S/C29H26N4O3/c1-29(2,3)32-27(34)26(23-9-5-15-31-19-23)33(28(35)25-10-6-16-36-25)24-13-11-21(12-14-24)22-8-4-7-20(17-22)18-30/h4-17,19,26H,1-3H3,(H,32,34). The lowest BCUT2D eigenvalue weighted by Crippen LogP contribution is -2.49. The zero-order chi connectivity index (χ0) is 25.7. The molecule has 7 nitrogen and oxygen atoms in total. The Labute approximate surface area is 210 Å². The summed E-state index contributed by atoms with van der Waals surface area (Å²) in [5.41, 5.74) is 2.85. The zero-order valence-corrected chi connectivity index (χ0v) is 20.3. The molecule has 180 valence electrons. The van der Waals surface area contributed by atoms with Gasteiger partial charge in [-0.1, -0.05) is 30.3 Å². The highest BCUT2D eigenvalue weighted by Gasteiger charge is 2.36. The van der Waals surface area contributed by atoms with Crippen molar-refractivity contribution in [2.45, 2.75) is 32.4 Å². The molecule has 2 amide bonds. The first-order chi connectivity index (χ1) is 17.3. The molecule has 2 heterocycles. The van der Waals surface area contributed by atoms with Crippen molar-refractivity contribution in [2.24, 2.45) is 0 Å². The number of nitrogens with zero attached hydrogens (tertiary/aromatic N) is 3. The van der Waals surface area contributed by atoms with Crippen LogP contribution in [0, 0.1) is 11.3 Å². The quantitative estimate of drug-likeness (QED) is 0.394. The molecule has 0 saturated carbocycles. The number of aromatic nitrogens is 1. The van der Waals surface area contributed by atoms with Crippen molar-refractivity contribution < 1.29 is 14.0 Å². The van der Waals surface area contributed by atoms with Gasteiger partial charge in [0.2, 0.25) is 5.91 Å². The van der Waals surface area contributed by atoms with E-state index in [1.54, 1.807) is 60.9 Å². The number of hydrogen-bond donors (Lipinski definition) is 1. The summed E-state index contributed by atoms with van der Waals surface area (Å²) in [6.45, 7) is 5.65. The molecule has 1 atom stereocenters. The van der Waals surface area contributed by atoms with E-state index in [1.165, 1.54) is 11.2 Å². The van der Waals surface area contributed by atoms with Gasteiger partial charge in [0.15, 0.2) is 5.76 Å². The Kier molecular flexibility index (Phi) is 6.98. The molecule has 7 heteroatoms. The van der Waals surface area contributed by atoms with E-state index in [0.29, 0.717) is 16.8 Å². The number of hydrogen-bond acceptors (Lipinski definition) is 5. The van der Waals surface area contributed by atoms with Gasteiger partial charge >= 0.3 is 0 Å². The van der Waals surface area contributed by atoms with Crippen LogP contribution in [0.25, 0.3) is 11.1 Å². The number of amides is 2. The Bertz CT molecular complexity index is 1380. The highest BCUT2D eigenvalue weighted by molar-refractivity contribution is 6.08. The highest BCUT2D eigenvalue weighted by Crippen LogP contribution is 2.32. The first-order valence-electron chi connectivity index (χ1n) is 11.5. The topological polar surface area (TPSA) is 99.2 Å². The average Bonchev–Trinajstić information content (AvgIpc) is 3.42. The number of nitrogens with one attached hydrogen (secondary N) is 1. The van der Waals surface area contributed by atoms with Gasteiger partial charge < -0.3 is 9.73 Å². The number of rotatable bonds is 6. The van der Waals surface area contributed by atoms with Crippen molar-refractivity contribution in [1.82, 2.24) is 10.3 Å². The van der Waals surface area contributed by atoms with E-state index in [0.717, 1.165) is 11.1 Å². The smallest absolute Gasteiger partial charge is 0.294 e. The van der Waals surface area contributed by atoms with E-state index in [1.807, 2.05) is 45.0 Å². The second-order valence-electron chi connectivity index (χ2n) is 9.32. The molecule has 0 saturated heterocycles. The van der Waals surface area contributed by atoms with Crippen LogP contribution in [-0.2, 0) is 4.79 Å². The van der Waals surface area contributed by atoms with Gasteiger partial charge in [-0.3, -0.25) is 19.5 Å². The van der Waals surface area contributed by atoms with Crippen molar-refractivity contribution in [2.75, 3.05) is 4.90 Å². The monoisotopic (exact) mass is 478 g/mol. The maximum absolute atomic E-state index is 13.7. The van der Waals surface area contributed by atoms with Gasteiger partial charge in [-0.15, -0.1) is 0 Å². The molecule has 4 rings (SSSR count). The summed E-state index contributed by atoms with van der Waals surface area (Å²) in [7, 11) is 0. The molecule has 36 heavy (non-hydrogen) atoms. The first-order valence-corrected chi connectivity index (χ1v) is 11.5. The van der Waals surface area contributed by atoms with Gasteiger partial charge in [-0.25, -0.2) is 0 Å². The SMILES string of the molecule is CC(C)(C)NC(=O)C(c1cccnc1)N(C(=O)c1ccco1)c1ccc(-c2cccc(C#N)c2)cc1. The van der Waals surface area contributed by atoms with E-state index < -0.39 is 17.5 Å². The van der Waals surface area contributed by atoms with Crippen LogP contribution < -0.4 is 10.2 Å². The summed E-state index contributed by atoms with van der Waals surface area (Å²) in [5.74, 6) is -0.698.